The third-order valence-corrected chi connectivity index (χ3v) is 6.51. The topological polar surface area (TPSA) is 9.86 Å². The van der Waals surface area contributed by atoms with Crippen molar-refractivity contribution in [2.75, 3.05) is 0 Å². The van der Waals surface area contributed by atoms with E-state index in [2.05, 4.69) is 131 Å². The zero-order valence-corrected chi connectivity index (χ0v) is 17.4. The summed E-state index contributed by atoms with van der Waals surface area (Å²) in [5.74, 6) is 0. The Morgan fingerprint density at radius 1 is 0.438 bits per heavy atom. The predicted molar refractivity (Wildman–Crippen MR) is 135 cm³/mol. The van der Waals surface area contributed by atoms with Gasteiger partial charge in [-0.15, -0.1) is 0 Å². The lowest BCUT2D eigenvalue weighted by Crippen LogP contribution is -1.98. The van der Waals surface area contributed by atoms with Crippen LogP contribution in [0, 0.1) is 0 Å². The summed E-state index contributed by atoms with van der Waals surface area (Å²) in [5, 5.41) is 6.30. The molecule has 0 N–H and O–H groups in total. The van der Waals surface area contributed by atoms with Gasteiger partial charge in [0.1, 0.15) is 0 Å². The summed E-state index contributed by atoms with van der Waals surface area (Å²) >= 11 is 0. The van der Waals surface area contributed by atoms with Crippen LogP contribution in [0.3, 0.4) is 0 Å². The fraction of sp³-hybridized carbons (Fsp3) is 0. The average Bonchev–Trinajstić information content (AvgIpc) is 3.43. The first kappa shape index (κ1) is 17.4. The molecule has 0 spiro atoms. The van der Waals surface area contributed by atoms with E-state index in [0.29, 0.717) is 0 Å². The van der Waals surface area contributed by atoms with E-state index in [1.54, 1.807) is 0 Å². The van der Waals surface area contributed by atoms with E-state index in [1.165, 1.54) is 54.9 Å². The van der Waals surface area contributed by atoms with E-state index in [9.17, 15) is 0 Å². The Balaban J connectivity index is 1.68. The van der Waals surface area contributed by atoms with Gasteiger partial charge in [0.15, 0.2) is 0 Å². The summed E-state index contributed by atoms with van der Waals surface area (Å²) in [6.45, 7) is 0. The van der Waals surface area contributed by atoms with Gasteiger partial charge in [0, 0.05) is 33.7 Å². The number of aromatic nitrogens is 2. The van der Waals surface area contributed by atoms with Crippen LogP contribution in [0.1, 0.15) is 0 Å². The van der Waals surface area contributed by atoms with Crippen molar-refractivity contribution in [1.82, 2.24) is 9.13 Å². The molecule has 0 bridgehead atoms. The molecule has 2 heteroatoms. The van der Waals surface area contributed by atoms with Crippen molar-refractivity contribution in [2.24, 2.45) is 0 Å². The molecule has 150 valence electrons. The standard InChI is InChI=1S/C30H20N2/c1-2-10-24(11-3-1)31-19-18-22-15-17-27-26-12-6-7-13-28(26)32(30(27)29(22)31)25-16-14-21-8-4-5-9-23(21)20-25/h1-20H. The number of hydrogen-bond donors (Lipinski definition) is 0. The normalized spacial score (nSPS) is 11.8. The first-order valence-electron chi connectivity index (χ1n) is 11.0. The first-order valence-corrected chi connectivity index (χ1v) is 11.0. The second-order valence-electron chi connectivity index (χ2n) is 8.30. The van der Waals surface area contributed by atoms with Crippen LogP contribution in [0.4, 0.5) is 0 Å². The molecule has 2 nitrogen and oxygen atoms in total. The number of rotatable bonds is 2. The van der Waals surface area contributed by atoms with E-state index in [4.69, 9.17) is 0 Å². The molecule has 2 heterocycles. The molecule has 0 saturated carbocycles. The van der Waals surface area contributed by atoms with E-state index < -0.39 is 0 Å². The molecular weight excluding hydrogens is 388 g/mol. The van der Waals surface area contributed by atoms with E-state index in [0.717, 1.165) is 0 Å². The van der Waals surface area contributed by atoms with Crippen LogP contribution in [-0.2, 0) is 0 Å². The Bertz CT molecular complexity index is 1770. The number of para-hydroxylation sites is 2. The number of fused-ring (bicyclic) bond motifs is 6. The van der Waals surface area contributed by atoms with Crippen molar-refractivity contribution < 1.29 is 0 Å². The molecule has 2 aromatic heterocycles. The van der Waals surface area contributed by atoms with Crippen molar-refractivity contribution in [3.05, 3.63) is 121 Å². The van der Waals surface area contributed by atoms with Gasteiger partial charge >= 0.3 is 0 Å². The van der Waals surface area contributed by atoms with E-state index >= 15 is 0 Å². The van der Waals surface area contributed by atoms with Crippen molar-refractivity contribution >= 4 is 43.5 Å². The molecule has 7 rings (SSSR count). The third kappa shape index (κ3) is 2.41. The van der Waals surface area contributed by atoms with Crippen molar-refractivity contribution in [3.8, 4) is 11.4 Å². The molecule has 0 atom stereocenters. The van der Waals surface area contributed by atoms with Gasteiger partial charge in [-0.25, -0.2) is 0 Å². The fourth-order valence-electron chi connectivity index (χ4n) is 5.06. The van der Waals surface area contributed by atoms with Crippen LogP contribution < -0.4 is 0 Å². The van der Waals surface area contributed by atoms with Crippen molar-refractivity contribution in [1.29, 1.82) is 0 Å². The van der Waals surface area contributed by atoms with Gasteiger partial charge in [-0.2, -0.15) is 0 Å². The van der Waals surface area contributed by atoms with Gasteiger partial charge in [0.2, 0.25) is 0 Å². The third-order valence-electron chi connectivity index (χ3n) is 6.51. The summed E-state index contributed by atoms with van der Waals surface area (Å²) in [5.41, 5.74) is 6.06. The minimum absolute atomic E-state index is 1.17. The summed E-state index contributed by atoms with van der Waals surface area (Å²) in [6.07, 6.45) is 2.18. The molecular formula is C30H20N2. The number of nitrogens with zero attached hydrogens (tertiary/aromatic N) is 2. The smallest absolute Gasteiger partial charge is 0.0788 e. The maximum Gasteiger partial charge on any atom is 0.0788 e. The lowest BCUT2D eigenvalue weighted by Gasteiger charge is -2.12. The monoisotopic (exact) mass is 408 g/mol. The molecule has 0 aliphatic carbocycles. The molecule has 7 aromatic rings. The lowest BCUT2D eigenvalue weighted by molar-refractivity contribution is 1.12. The SMILES string of the molecule is c1ccc(-n2ccc3ccc4c5ccccc5n(-c5ccc6ccccc6c5)c4c32)cc1. The van der Waals surface area contributed by atoms with Crippen LogP contribution in [0.2, 0.25) is 0 Å². The van der Waals surface area contributed by atoms with Crippen LogP contribution in [0.25, 0.3) is 54.9 Å². The Kier molecular flexibility index (Phi) is 3.58. The molecule has 0 aliphatic heterocycles. The molecule has 0 radical (unpaired) electrons. The summed E-state index contributed by atoms with van der Waals surface area (Å²) in [7, 11) is 0. The van der Waals surface area contributed by atoms with Crippen LogP contribution in [-0.4, -0.2) is 9.13 Å². The van der Waals surface area contributed by atoms with Crippen molar-refractivity contribution in [2.45, 2.75) is 0 Å². The Morgan fingerprint density at radius 3 is 2.09 bits per heavy atom. The van der Waals surface area contributed by atoms with Crippen LogP contribution in [0.5, 0.6) is 0 Å². The Labute approximate surface area is 185 Å². The molecule has 0 saturated heterocycles. The molecule has 32 heavy (non-hydrogen) atoms. The Hall–Kier alpha value is -4.30. The second kappa shape index (κ2) is 6.60. The quantitative estimate of drug-likeness (QED) is 0.275. The maximum atomic E-state index is 2.43. The molecule has 0 unspecified atom stereocenters. The highest BCUT2D eigenvalue weighted by Gasteiger charge is 2.17. The summed E-state index contributed by atoms with van der Waals surface area (Å²) in [4.78, 5) is 0. The highest BCUT2D eigenvalue weighted by Crippen LogP contribution is 2.38. The Morgan fingerprint density at radius 2 is 1.19 bits per heavy atom. The highest BCUT2D eigenvalue weighted by atomic mass is 15.0. The largest absolute Gasteiger partial charge is 0.315 e. The molecule has 0 amide bonds. The number of benzene rings is 5. The lowest BCUT2D eigenvalue weighted by atomic mass is 10.1. The predicted octanol–water partition coefficient (Wildman–Crippen LogP) is 7.88. The minimum atomic E-state index is 1.17. The average molecular weight is 409 g/mol. The van der Waals surface area contributed by atoms with Gasteiger partial charge in [0.05, 0.1) is 16.6 Å². The van der Waals surface area contributed by atoms with Gasteiger partial charge in [-0.1, -0.05) is 78.9 Å². The van der Waals surface area contributed by atoms with E-state index in [-0.39, 0.29) is 0 Å². The summed E-state index contributed by atoms with van der Waals surface area (Å²) < 4.78 is 4.74. The summed E-state index contributed by atoms with van der Waals surface area (Å²) in [6, 6.07) is 41.4. The van der Waals surface area contributed by atoms with Gasteiger partial charge < -0.3 is 9.13 Å². The maximum absolute atomic E-state index is 2.43. The second-order valence-corrected chi connectivity index (χ2v) is 8.30. The molecule has 0 aliphatic rings. The molecule has 0 fully saturated rings. The zero-order chi connectivity index (χ0) is 21.1. The van der Waals surface area contributed by atoms with Crippen LogP contribution >= 0.6 is 0 Å². The van der Waals surface area contributed by atoms with Gasteiger partial charge in [0.25, 0.3) is 0 Å². The van der Waals surface area contributed by atoms with Crippen LogP contribution in [0.15, 0.2) is 121 Å². The molecule has 5 aromatic carbocycles. The van der Waals surface area contributed by atoms with Gasteiger partial charge in [-0.3, -0.25) is 0 Å². The highest BCUT2D eigenvalue weighted by molar-refractivity contribution is 6.18. The first-order chi connectivity index (χ1) is 15.9. The van der Waals surface area contributed by atoms with E-state index in [1.807, 2.05) is 0 Å². The minimum Gasteiger partial charge on any atom is -0.315 e. The van der Waals surface area contributed by atoms with Crippen molar-refractivity contribution in [3.63, 3.8) is 0 Å². The number of hydrogen-bond acceptors (Lipinski definition) is 0. The fourth-order valence-corrected chi connectivity index (χ4v) is 5.06. The van der Waals surface area contributed by atoms with Gasteiger partial charge in [-0.05, 0) is 47.2 Å². The zero-order valence-electron chi connectivity index (χ0n) is 17.4.